The summed E-state index contributed by atoms with van der Waals surface area (Å²) in [5.74, 6) is 1.37. The predicted molar refractivity (Wildman–Crippen MR) is 85.4 cm³/mol. The Morgan fingerprint density at radius 2 is 2.08 bits per heavy atom. The molecule has 0 N–H and O–H groups in total. The second kappa shape index (κ2) is 7.04. The van der Waals surface area contributed by atoms with E-state index in [4.69, 9.17) is 18.4 Å². The number of esters is 1. The molecule has 1 aromatic carbocycles. The fourth-order valence-corrected chi connectivity index (χ4v) is 2.32. The van der Waals surface area contributed by atoms with Crippen molar-refractivity contribution < 1.29 is 23.2 Å². The molecule has 0 aliphatic rings. The zero-order valence-electron chi connectivity index (χ0n) is 13.4. The van der Waals surface area contributed by atoms with Crippen LogP contribution in [0.4, 0.5) is 0 Å². The molecule has 0 amide bonds. The summed E-state index contributed by atoms with van der Waals surface area (Å²) in [6.07, 6.45) is 1.68. The van der Waals surface area contributed by atoms with Crippen LogP contribution in [-0.4, -0.2) is 18.2 Å². The number of ether oxygens (including phenoxy) is 2. The van der Waals surface area contributed by atoms with Crippen LogP contribution in [0.25, 0.3) is 11.5 Å². The first-order valence-electron chi connectivity index (χ1n) is 7.44. The van der Waals surface area contributed by atoms with E-state index in [-0.39, 0.29) is 19.0 Å². The number of methoxy groups -OCH3 is 1. The SMILES string of the molecule is COc1ccc(C)cc1CC(=O)OCc1cc(-c2ccco2)on1. The van der Waals surface area contributed by atoms with Crippen molar-refractivity contribution in [3.05, 3.63) is 59.5 Å². The topological polar surface area (TPSA) is 74.7 Å². The molecular weight excluding hydrogens is 310 g/mol. The summed E-state index contributed by atoms with van der Waals surface area (Å²) in [5, 5.41) is 3.86. The van der Waals surface area contributed by atoms with E-state index in [1.54, 1.807) is 31.6 Å². The molecule has 124 valence electrons. The van der Waals surface area contributed by atoms with Crippen LogP contribution < -0.4 is 4.74 Å². The molecule has 0 fully saturated rings. The molecule has 2 heterocycles. The van der Waals surface area contributed by atoms with Gasteiger partial charge in [0, 0.05) is 11.6 Å². The van der Waals surface area contributed by atoms with E-state index >= 15 is 0 Å². The van der Waals surface area contributed by atoms with E-state index in [0.717, 1.165) is 11.1 Å². The molecule has 3 aromatic rings. The third-order valence-electron chi connectivity index (χ3n) is 3.47. The molecule has 6 heteroatoms. The summed E-state index contributed by atoms with van der Waals surface area (Å²) in [6, 6.07) is 10.9. The van der Waals surface area contributed by atoms with Gasteiger partial charge in [-0.1, -0.05) is 22.9 Å². The average molecular weight is 327 g/mol. The van der Waals surface area contributed by atoms with Crippen molar-refractivity contribution in [3.63, 3.8) is 0 Å². The van der Waals surface area contributed by atoms with Crippen LogP contribution in [-0.2, 0) is 22.6 Å². The van der Waals surface area contributed by atoms with Gasteiger partial charge in [-0.3, -0.25) is 4.79 Å². The number of aromatic nitrogens is 1. The quantitative estimate of drug-likeness (QED) is 0.645. The van der Waals surface area contributed by atoms with Gasteiger partial charge < -0.3 is 18.4 Å². The summed E-state index contributed by atoms with van der Waals surface area (Å²) in [7, 11) is 1.57. The Kier molecular flexibility index (Phi) is 4.65. The standard InChI is InChI=1S/C18H17NO5/c1-12-5-6-15(21-2)13(8-12)9-18(20)23-11-14-10-17(24-19-14)16-4-3-7-22-16/h3-8,10H,9,11H2,1-2H3. The number of carbonyl (C=O) groups excluding carboxylic acids is 1. The van der Waals surface area contributed by atoms with Crippen molar-refractivity contribution in [2.45, 2.75) is 20.0 Å². The second-order valence-corrected chi connectivity index (χ2v) is 5.31. The fraction of sp³-hybridized carbons (Fsp3) is 0.222. The van der Waals surface area contributed by atoms with Crippen molar-refractivity contribution in [2.24, 2.45) is 0 Å². The van der Waals surface area contributed by atoms with Gasteiger partial charge in [0.1, 0.15) is 18.1 Å². The van der Waals surface area contributed by atoms with E-state index in [1.165, 1.54) is 0 Å². The lowest BCUT2D eigenvalue weighted by molar-refractivity contribution is -0.144. The highest BCUT2D eigenvalue weighted by molar-refractivity contribution is 5.73. The fourth-order valence-electron chi connectivity index (χ4n) is 2.32. The zero-order valence-corrected chi connectivity index (χ0v) is 13.4. The third kappa shape index (κ3) is 3.65. The maximum Gasteiger partial charge on any atom is 0.310 e. The lowest BCUT2D eigenvalue weighted by atomic mass is 10.1. The molecule has 0 unspecified atom stereocenters. The van der Waals surface area contributed by atoms with Crippen molar-refractivity contribution >= 4 is 5.97 Å². The Morgan fingerprint density at radius 3 is 2.83 bits per heavy atom. The van der Waals surface area contributed by atoms with Crippen molar-refractivity contribution in [2.75, 3.05) is 7.11 Å². The van der Waals surface area contributed by atoms with Crippen molar-refractivity contribution in [1.29, 1.82) is 0 Å². The molecule has 0 spiro atoms. The van der Waals surface area contributed by atoms with Crippen LogP contribution in [0.3, 0.4) is 0 Å². The van der Waals surface area contributed by atoms with Crippen LogP contribution in [0, 0.1) is 6.92 Å². The number of benzene rings is 1. The number of hydrogen-bond donors (Lipinski definition) is 0. The van der Waals surface area contributed by atoms with Gasteiger partial charge in [0.2, 0.25) is 5.76 Å². The van der Waals surface area contributed by atoms with Gasteiger partial charge in [0.15, 0.2) is 5.76 Å². The molecule has 0 saturated heterocycles. The molecule has 0 saturated carbocycles. The zero-order chi connectivity index (χ0) is 16.9. The number of furan rings is 1. The second-order valence-electron chi connectivity index (χ2n) is 5.31. The molecule has 6 nitrogen and oxygen atoms in total. The van der Waals surface area contributed by atoms with E-state index in [9.17, 15) is 4.79 Å². The highest BCUT2D eigenvalue weighted by Gasteiger charge is 2.13. The minimum atomic E-state index is -0.360. The van der Waals surface area contributed by atoms with E-state index < -0.39 is 0 Å². The van der Waals surface area contributed by atoms with Gasteiger partial charge in [0.25, 0.3) is 0 Å². The lowest BCUT2D eigenvalue weighted by Crippen LogP contribution is -2.09. The molecule has 0 atom stereocenters. The van der Waals surface area contributed by atoms with Crippen molar-refractivity contribution in [3.8, 4) is 17.3 Å². The Hall–Kier alpha value is -3.02. The minimum absolute atomic E-state index is 0.0389. The maximum atomic E-state index is 12.0. The van der Waals surface area contributed by atoms with Crippen LogP contribution in [0.1, 0.15) is 16.8 Å². The summed E-state index contributed by atoms with van der Waals surface area (Å²) < 4.78 is 20.9. The number of aryl methyl sites for hydroxylation is 1. The number of hydrogen-bond acceptors (Lipinski definition) is 6. The summed E-state index contributed by atoms with van der Waals surface area (Å²) >= 11 is 0. The highest BCUT2D eigenvalue weighted by atomic mass is 16.5. The normalized spacial score (nSPS) is 10.6. The number of carbonyl (C=O) groups is 1. The molecular formula is C18H17NO5. The Balaban J connectivity index is 1.59. The monoisotopic (exact) mass is 327 g/mol. The van der Waals surface area contributed by atoms with Crippen LogP contribution >= 0.6 is 0 Å². The largest absolute Gasteiger partial charge is 0.496 e. The van der Waals surface area contributed by atoms with Gasteiger partial charge >= 0.3 is 5.97 Å². The number of nitrogens with zero attached hydrogens (tertiary/aromatic N) is 1. The summed E-state index contributed by atoms with van der Waals surface area (Å²) in [5.41, 5.74) is 2.36. The Labute approximate surface area is 139 Å². The molecule has 24 heavy (non-hydrogen) atoms. The third-order valence-corrected chi connectivity index (χ3v) is 3.47. The van der Waals surface area contributed by atoms with Gasteiger partial charge in [0.05, 0.1) is 19.8 Å². The van der Waals surface area contributed by atoms with Gasteiger partial charge in [-0.05, 0) is 25.1 Å². The smallest absolute Gasteiger partial charge is 0.310 e. The van der Waals surface area contributed by atoms with E-state index in [0.29, 0.717) is 23.0 Å². The average Bonchev–Trinajstić information content (AvgIpc) is 3.24. The van der Waals surface area contributed by atoms with Crippen molar-refractivity contribution in [1.82, 2.24) is 5.16 Å². The summed E-state index contributed by atoms with van der Waals surface area (Å²) in [6.45, 7) is 2.00. The first-order chi connectivity index (χ1) is 11.7. The van der Waals surface area contributed by atoms with Crippen LogP contribution in [0.15, 0.2) is 51.6 Å². The van der Waals surface area contributed by atoms with Gasteiger partial charge in [-0.15, -0.1) is 0 Å². The predicted octanol–water partition coefficient (Wildman–Crippen LogP) is 3.54. The Morgan fingerprint density at radius 1 is 1.21 bits per heavy atom. The lowest BCUT2D eigenvalue weighted by Gasteiger charge is -2.09. The first-order valence-corrected chi connectivity index (χ1v) is 7.44. The molecule has 3 rings (SSSR count). The van der Waals surface area contributed by atoms with Gasteiger partial charge in [-0.2, -0.15) is 0 Å². The summed E-state index contributed by atoms with van der Waals surface area (Å²) in [4.78, 5) is 12.0. The van der Waals surface area contributed by atoms with E-state index in [2.05, 4.69) is 5.16 Å². The van der Waals surface area contributed by atoms with Crippen LogP contribution in [0.5, 0.6) is 5.75 Å². The molecule has 0 aliphatic carbocycles. The number of rotatable bonds is 6. The first kappa shape index (κ1) is 15.9. The molecule has 0 bridgehead atoms. The highest BCUT2D eigenvalue weighted by Crippen LogP contribution is 2.22. The molecule has 0 aliphatic heterocycles. The maximum absolute atomic E-state index is 12.0. The molecule has 2 aromatic heterocycles. The van der Waals surface area contributed by atoms with E-state index in [1.807, 2.05) is 25.1 Å². The minimum Gasteiger partial charge on any atom is -0.496 e. The Bertz CT molecular complexity index is 820. The van der Waals surface area contributed by atoms with Crippen LogP contribution in [0.2, 0.25) is 0 Å². The van der Waals surface area contributed by atoms with Gasteiger partial charge in [-0.25, -0.2) is 0 Å². The molecule has 0 radical (unpaired) electrons.